The van der Waals surface area contributed by atoms with Crippen LogP contribution in [0.5, 0.6) is 0 Å². The molecule has 0 saturated heterocycles. The summed E-state index contributed by atoms with van der Waals surface area (Å²) < 4.78 is 27.4. The molecular weight excluding hydrogens is 664 g/mol. The van der Waals surface area contributed by atoms with Crippen LogP contribution in [0.1, 0.15) is 26.5 Å². The van der Waals surface area contributed by atoms with E-state index < -0.39 is 21.7 Å². The van der Waals surface area contributed by atoms with E-state index in [-0.39, 0.29) is 57.5 Å². The molecule has 1 atom stereocenters. The van der Waals surface area contributed by atoms with Gasteiger partial charge in [-0.2, -0.15) is 10.0 Å². The van der Waals surface area contributed by atoms with Crippen LogP contribution in [0.2, 0.25) is 0 Å². The number of hydrogen-bond donors (Lipinski definition) is 6. The topological polar surface area (TPSA) is 225 Å². The molecule has 2 aromatic heterocycles. The Morgan fingerprint density at radius 1 is 0.958 bits per heavy atom. The molecule has 4 amide bonds. The number of hydrogen-bond acceptors (Lipinski definition) is 7. The number of carbonyl (C=O) groups is 4. The van der Waals surface area contributed by atoms with Crippen LogP contribution in [0.25, 0.3) is 5.57 Å². The molecule has 0 bridgehead atoms. The van der Waals surface area contributed by atoms with Gasteiger partial charge in [0.25, 0.3) is 18.2 Å². The number of quaternary nitrogens is 1. The summed E-state index contributed by atoms with van der Waals surface area (Å²) in [6.45, 7) is 0.432. The summed E-state index contributed by atoms with van der Waals surface area (Å²) >= 11 is 5.62. The summed E-state index contributed by atoms with van der Waals surface area (Å²) in [5.74, 6) is -1.74. The number of alkyl halides is 1. The number of halogens is 1. The van der Waals surface area contributed by atoms with Gasteiger partial charge in [-0.25, -0.2) is 8.42 Å². The Hall–Kier alpha value is -5.39. The Kier molecular flexibility index (Phi) is 10.8. The molecule has 1 aliphatic rings. The third kappa shape index (κ3) is 8.11. The molecule has 1 aromatic carbocycles. The predicted molar refractivity (Wildman–Crippen MR) is 181 cm³/mol. The van der Waals surface area contributed by atoms with Gasteiger partial charge >= 0.3 is 5.91 Å². The fraction of sp³-hybridized carbons (Fsp3) is 0.233. The molecule has 18 heteroatoms. The van der Waals surface area contributed by atoms with Crippen molar-refractivity contribution in [2.45, 2.75) is 4.90 Å². The number of amides is 4. The van der Waals surface area contributed by atoms with Crippen LogP contribution in [0, 0.1) is 0 Å². The number of anilines is 2. The van der Waals surface area contributed by atoms with Crippen LogP contribution in [-0.4, -0.2) is 84.0 Å². The fourth-order valence-electron chi connectivity index (χ4n) is 4.94. The van der Waals surface area contributed by atoms with E-state index in [1.807, 2.05) is 0 Å². The second-order valence-electron chi connectivity index (χ2n) is 10.9. The van der Waals surface area contributed by atoms with Gasteiger partial charge in [-0.05, 0) is 29.8 Å². The van der Waals surface area contributed by atoms with Crippen LogP contribution in [-0.2, 0) is 33.5 Å². The minimum atomic E-state index is -3.53. The molecular formula is C30H36ClN10O6S+. The van der Waals surface area contributed by atoms with Gasteiger partial charge in [0.1, 0.15) is 24.6 Å². The van der Waals surface area contributed by atoms with Crippen molar-refractivity contribution in [1.82, 2.24) is 19.9 Å². The minimum absolute atomic E-state index is 0.0321. The first-order valence-corrected chi connectivity index (χ1v) is 16.6. The maximum atomic E-state index is 13.5. The number of aryl methyl sites for hydroxylation is 2. The molecule has 0 fully saturated rings. The van der Waals surface area contributed by atoms with E-state index in [2.05, 4.69) is 26.4 Å². The number of allylic oxidation sites excluding steroid dienone is 2. The van der Waals surface area contributed by atoms with Crippen molar-refractivity contribution >= 4 is 68.5 Å². The molecule has 4 rings (SSSR count). The molecule has 0 spiro atoms. The average molecular weight is 700 g/mol. The highest BCUT2D eigenvalue weighted by atomic mass is 35.5. The van der Waals surface area contributed by atoms with E-state index in [1.54, 1.807) is 62.5 Å². The SMILES string of the molecule is Cn1cc(NC(=O)c2cc(NC(=O)C3=CC(c4ccc(S(=O)(=O)CCCl)cc4)=C[N+]3(C)NC=O)cn2C)cc1C(=O)NCCN=C(N)N. The molecule has 0 radical (unpaired) electrons. The molecule has 254 valence electrons. The lowest BCUT2D eigenvalue weighted by atomic mass is 10.1. The molecule has 3 heterocycles. The maximum Gasteiger partial charge on any atom is 0.312 e. The minimum Gasteiger partial charge on any atom is -0.370 e. The van der Waals surface area contributed by atoms with Crippen molar-refractivity contribution in [3.05, 3.63) is 83.7 Å². The van der Waals surface area contributed by atoms with Gasteiger partial charge in [0, 0.05) is 50.6 Å². The molecule has 1 unspecified atom stereocenters. The van der Waals surface area contributed by atoms with E-state index in [9.17, 15) is 27.6 Å². The van der Waals surface area contributed by atoms with Gasteiger partial charge in [-0.1, -0.05) is 12.1 Å². The number of rotatable bonds is 14. The Morgan fingerprint density at radius 3 is 2.10 bits per heavy atom. The monoisotopic (exact) mass is 699 g/mol. The second-order valence-corrected chi connectivity index (χ2v) is 13.4. The largest absolute Gasteiger partial charge is 0.370 e. The van der Waals surface area contributed by atoms with Gasteiger partial charge in [-0.3, -0.25) is 24.2 Å². The van der Waals surface area contributed by atoms with Gasteiger partial charge in [-0.15, -0.1) is 11.6 Å². The summed E-state index contributed by atoms with van der Waals surface area (Å²) in [5.41, 5.74) is 15.7. The van der Waals surface area contributed by atoms with Gasteiger partial charge < -0.3 is 36.6 Å². The third-order valence-corrected chi connectivity index (χ3v) is 9.46. The molecule has 16 nitrogen and oxygen atoms in total. The van der Waals surface area contributed by atoms with Gasteiger partial charge in [0.15, 0.2) is 15.8 Å². The molecule has 48 heavy (non-hydrogen) atoms. The molecule has 1 aliphatic heterocycles. The lowest BCUT2D eigenvalue weighted by Crippen LogP contribution is -2.50. The van der Waals surface area contributed by atoms with Crippen molar-refractivity contribution in [2.75, 3.05) is 42.4 Å². The smallest absolute Gasteiger partial charge is 0.312 e. The quantitative estimate of drug-likeness (QED) is 0.0348. The highest BCUT2D eigenvalue weighted by Crippen LogP contribution is 2.32. The first-order valence-electron chi connectivity index (χ1n) is 14.4. The lowest BCUT2D eigenvalue weighted by molar-refractivity contribution is -0.849. The zero-order valence-corrected chi connectivity index (χ0v) is 27.9. The number of carbonyl (C=O) groups excluding carboxylic acids is 4. The van der Waals surface area contributed by atoms with Crippen LogP contribution >= 0.6 is 11.6 Å². The molecule has 3 aromatic rings. The standard InChI is InChI=1S/C30H35ClN10O6S/c1-39-15-21(13-24(39)27(43)34-9-10-35-30(32)33)37-28(44)25-14-22(16-40(25)2)38-29(45)26-12-20(17-41(26,3)36-18-42)19-4-6-23(7-5-19)48(46,47)11-8-31/h4-7,12-18H,8-11H2,1-3H3,(H7-,32,33,34,35,36,37,38,42,43,44,45)/p+1. The molecule has 0 saturated carbocycles. The predicted octanol–water partition coefficient (Wildman–Crippen LogP) is 0.616. The zero-order valence-electron chi connectivity index (χ0n) is 26.4. The van der Waals surface area contributed by atoms with Gasteiger partial charge in [0.2, 0.25) is 5.70 Å². The Morgan fingerprint density at radius 2 is 1.54 bits per heavy atom. The number of aliphatic imine (C=N–C) groups is 1. The summed E-state index contributed by atoms with van der Waals surface area (Å²) in [6, 6.07) is 9.13. The highest BCUT2D eigenvalue weighted by Gasteiger charge is 2.38. The maximum absolute atomic E-state index is 13.5. The van der Waals surface area contributed by atoms with Crippen LogP contribution in [0.4, 0.5) is 11.4 Å². The van der Waals surface area contributed by atoms with E-state index in [0.717, 1.165) is 0 Å². The van der Waals surface area contributed by atoms with Crippen molar-refractivity contribution < 1.29 is 32.2 Å². The van der Waals surface area contributed by atoms with Crippen molar-refractivity contribution in [3.8, 4) is 0 Å². The number of nitrogens with zero attached hydrogens (tertiary/aromatic N) is 4. The summed E-state index contributed by atoms with van der Waals surface area (Å²) in [7, 11) is 1.35. The Labute approximate surface area is 281 Å². The Bertz CT molecular complexity index is 1940. The van der Waals surface area contributed by atoms with Crippen molar-refractivity contribution in [3.63, 3.8) is 0 Å². The van der Waals surface area contributed by atoms with Crippen molar-refractivity contribution in [1.29, 1.82) is 0 Å². The number of nitrogens with two attached hydrogens (primary N) is 2. The summed E-state index contributed by atoms with van der Waals surface area (Å²) in [6.07, 6.45) is 6.80. The van der Waals surface area contributed by atoms with Crippen LogP contribution in [0.15, 0.2) is 76.7 Å². The number of aromatic nitrogens is 2. The number of benzene rings is 1. The molecule has 0 aliphatic carbocycles. The normalized spacial score (nSPS) is 15.6. The Balaban J connectivity index is 1.47. The van der Waals surface area contributed by atoms with Crippen molar-refractivity contribution in [2.24, 2.45) is 30.6 Å². The van der Waals surface area contributed by atoms with Crippen LogP contribution < -0.4 is 32.8 Å². The lowest BCUT2D eigenvalue weighted by Gasteiger charge is -2.25. The first-order chi connectivity index (χ1) is 22.7. The fourth-order valence-corrected chi connectivity index (χ4v) is 6.54. The number of nitrogens with one attached hydrogen (secondary N) is 4. The number of sulfone groups is 1. The molecule has 8 N–H and O–H groups in total. The zero-order chi connectivity index (χ0) is 35.2. The second kappa shape index (κ2) is 14.6. The highest BCUT2D eigenvalue weighted by molar-refractivity contribution is 7.91. The summed E-state index contributed by atoms with van der Waals surface area (Å²) in [5, 5.41) is 8.20. The third-order valence-electron chi connectivity index (χ3n) is 7.32. The van der Waals surface area contributed by atoms with E-state index in [4.69, 9.17) is 23.1 Å². The van der Waals surface area contributed by atoms with Gasteiger partial charge in [0.05, 0.1) is 28.6 Å². The number of guanidine groups is 1. The first kappa shape index (κ1) is 35.5. The van der Waals surface area contributed by atoms with E-state index in [0.29, 0.717) is 34.6 Å². The number of likely N-dealkylation sites (N-methyl/N-ethyl adjacent to an activating group) is 1. The van der Waals surface area contributed by atoms with Crippen LogP contribution in [0.3, 0.4) is 0 Å². The summed E-state index contributed by atoms with van der Waals surface area (Å²) in [4.78, 5) is 54.6. The average Bonchev–Trinajstić information content (AvgIpc) is 3.69. The van der Waals surface area contributed by atoms with E-state index in [1.165, 1.54) is 28.8 Å². The van der Waals surface area contributed by atoms with E-state index >= 15 is 0 Å².